The van der Waals surface area contributed by atoms with E-state index in [9.17, 15) is 24.4 Å². The third-order valence-corrected chi connectivity index (χ3v) is 6.78. The van der Waals surface area contributed by atoms with Crippen molar-refractivity contribution in [3.63, 3.8) is 0 Å². The molecule has 1 aromatic rings. The highest BCUT2D eigenvalue weighted by Crippen LogP contribution is 2.48. The third-order valence-electron chi connectivity index (χ3n) is 6.78. The lowest BCUT2D eigenvalue weighted by molar-refractivity contribution is -0.141. The van der Waals surface area contributed by atoms with Gasteiger partial charge in [-0.3, -0.25) is 19.3 Å². The number of para-hydroxylation sites is 1. The molecular weight excluding hydrogens is 450 g/mol. The molecular formula is C25H31N5O5. The van der Waals surface area contributed by atoms with Gasteiger partial charge in [0.05, 0.1) is 16.7 Å². The van der Waals surface area contributed by atoms with Crippen molar-refractivity contribution in [3.8, 4) is 6.07 Å². The minimum absolute atomic E-state index is 0.0218. The average Bonchev–Trinajstić information content (AvgIpc) is 3.44. The number of benzene rings is 1. The molecule has 2 heterocycles. The van der Waals surface area contributed by atoms with Crippen molar-refractivity contribution < 1.29 is 28.0 Å². The molecule has 2 fully saturated rings. The van der Waals surface area contributed by atoms with Gasteiger partial charge in [0.2, 0.25) is 17.7 Å². The van der Waals surface area contributed by atoms with E-state index in [-0.39, 0.29) is 30.9 Å². The molecule has 0 radical (unpaired) electrons. The van der Waals surface area contributed by atoms with E-state index in [1.807, 2.05) is 6.07 Å². The van der Waals surface area contributed by atoms with Gasteiger partial charge in [-0.25, -0.2) is 4.79 Å². The van der Waals surface area contributed by atoms with Gasteiger partial charge in [0.1, 0.15) is 23.8 Å². The molecule has 10 heteroatoms. The average molecular weight is 485 g/mol. The zero-order valence-electron chi connectivity index (χ0n) is 23.0. The maximum absolute atomic E-state index is 14.1. The summed E-state index contributed by atoms with van der Waals surface area (Å²) in [5.41, 5.74) is 4.30. The Balaban J connectivity index is 1.75. The van der Waals surface area contributed by atoms with Gasteiger partial charge in [-0.1, -0.05) is 25.0 Å². The monoisotopic (exact) mass is 484 g/mol. The third kappa shape index (κ3) is 4.43. The van der Waals surface area contributed by atoms with Crippen LogP contribution in [0, 0.1) is 17.2 Å². The van der Waals surface area contributed by atoms with Gasteiger partial charge in [-0.15, -0.1) is 0 Å². The summed E-state index contributed by atoms with van der Waals surface area (Å²) in [7, 11) is 0. The molecule has 1 saturated carbocycles. The molecule has 4 amide bonds. The number of likely N-dealkylation sites (N-methyl/N-ethyl adjacent to an activating group) is 1. The number of carbonyl (C=O) groups excluding carboxylic acids is 4. The Labute approximate surface area is 208 Å². The number of ether oxygens (including phenoxy) is 1. The molecule has 2 aliphatic heterocycles. The molecule has 0 bridgehead atoms. The van der Waals surface area contributed by atoms with Crippen LogP contribution in [0.15, 0.2) is 18.2 Å². The van der Waals surface area contributed by atoms with Crippen molar-refractivity contribution in [1.82, 2.24) is 9.80 Å². The number of nitriles is 1. The molecule has 4 rings (SSSR count). The zero-order chi connectivity index (χ0) is 28.2. The second-order valence-electron chi connectivity index (χ2n) is 10.5. The number of carbonyl (C=O) groups is 4. The normalized spacial score (nSPS) is 25.5. The van der Waals surface area contributed by atoms with Crippen molar-refractivity contribution in [2.45, 2.75) is 69.6 Å². The largest absolute Gasteiger partial charge is 0.444 e. The number of likely N-dealkylation sites (tertiary alicyclic amines) is 1. The van der Waals surface area contributed by atoms with Crippen LogP contribution in [0.4, 0.5) is 10.5 Å². The molecule has 1 saturated heterocycles. The summed E-state index contributed by atoms with van der Waals surface area (Å²) in [5.74, 6) is -2.13. The van der Waals surface area contributed by atoms with Crippen LogP contribution in [0.3, 0.4) is 0 Å². The fourth-order valence-electron chi connectivity index (χ4n) is 4.90. The van der Waals surface area contributed by atoms with E-state index in [0.29, 0.717) is 16.2 Å². The lowest BCUT2D eigenvalue weighted by Crippen LogP contribution is -2.54. The number of fused-ring (bicyclic) bond motifs is 2. The Morgan fingerprint density at radius 1 is 1.40 bits per heavy atom. The molecule has 3 atom stereocenters. The molecule has 1 aliphatic carbocycles. The highest BCUT2D eigenvalue weighted by Gasteiger charge is 2.58. The van der Waals surface area contributed by atoms with Crippen molar-refractivity contribution in [2.75, 3.05) is 18.8 Å². The van der Waals surface area contributed by atoms with Gasteiger partial charge in [-0.2, -0.15) is 5.26 Å². The standard InChI is InChI=1S/C25H31N5O5/c1-24(2,3)35-23(34)29(4)17(10-14-8-9-14)21(32)30-13-25(11-18(30)20(27)31)16-7-5-6-15(12-26)19(16)28-22(25)33/h5-7,14,17-18H,8-11,13H2,1-4H3,(H2,27,31)(H,28,33)/t17-,18-,25-/m0/s1/i4D3. The van der Waals surface area contributed by atoms with E-state index in [1.54, 1.807) is 39.0 Å². The van der Waals surface area contributed by atoms with Crippen LogP contribution in [0.1, 0.15) is 61.7 Å². The van der Waals surface area contributed by atoms with E-state index >= 15 is 0 Å². The maximum Gasteiger partial charge on any atom is 0.410 e. The summed E-state index contributed by atoms with van der Waals surface area (Å²) in [6.45, 7) is 1.46. The fourth-order valence-corrected chi connectivity index (χ4v) is 4.90. The van der Waals surface area contributed by atoms with E-state index in [0.717, 1.165) is 17.7 Å². The molecule has 10 nitrogen and oxygen atoms in total. The summed E-state index contributed by atoms with van der Waals surface area (Å²) in [6.07, 6.45) is 0.278. The number of nitrogens with zero attached hydrogens (tertiary/aromatic N) is 3. The maximum atomic E-state index is 14.1. The first-order chi connectivity index (χ1) is 17.6. The number of amides is 4. The van der Waals surface area contributed by atoms with Crippen LogP contribution in [0.5, 0.6) is 0 Å². The number of anilines is 1. The Morgan fingerprint density at radius 2 is 2.11 bits per heavy atom. The molecule has 3 N–H and O–H groups in total. The van der Waals surface area contributed by atoms with Crippen LogP contribution in [0.25, 0.3) is 0 Å². The first-order valence-corrected chi connectivity index (χ1v) is 11.6. The molecule has 3 aliphatic rings. The lowest BCUT2D eigenvalue weighted by atomic mass is 9.79. The molecule has 1 aromatic carbocycles. The van der Waals surface area contributed by atoms with Crippen LogP contribution in [-0.2, 0) is 24.5 Å². The van der Waals surface area contributed by atoms with E-state index < -0.39 is 53.9 Å². The first kappa shape index (κ1) is 20.7. The smallest absolute Gasteiger partial charge is 0.410 e. The first-order valence-electron chi connectivity index (χ1n) is 13.1. The fraction of sp³-hybridized carbons (Fsp3) is 0.560. The van der Waals surface area contributed by atoms with E-state index in [4.69, 9.17) is 14.6 Å². The minimum Gasteiger partial charge on any atom is -0.444 e. The van der Waals surface area contributed by atoms with Crippen LogP contribution in [0.2, 0.25) is 0 Å². The summed E-state index contributed by atoms with van der Waals surface area (Å²) in [4.78, 5) is 54.7. The van der Waals surface area contributed by atoms with Crippen LogP contribution in [-0.4, -0.2) is 64.8 Å². The van der Waals surface area contributed by atoms with Gasteiger partial charge in [0.15, 0.2) is 0 Å². The summed E-state index contributed by atoms with van der Waals surface area (Å²) >= 11 is 0. The number of rotatable bonds is 5. The number of nitrogens with one attached hydrogen (secondary N) is 1. The van der Waals surface area contributed by atoms with Gasteiger partial charge < -0.3 is 20.7 Å². The van der Waals surface area contributed by atoms with Gasteiger partial charge in [0.25, 0.3) is 0 Å². The summed E-state index contributed by atoms with van der Waals surface area (Å²) < 4.78 is 29.5. The van der Waals surface area contributed by atoms with Crippen molar-refractivity contribution >= 4 is 29.5 Å². The number of hydrogen-bond acceptors (Lipinski definition) is 6. The second kappa shape index (κ2) is 8.56. The topological polar surface area (TPSA) is 146 Å². The predicted octanol–water partition coefficient (Wildman–Crippen LogP) is 1.87. The van der Waals surface area contributed by atoms with E-state index in [2.05, 4.69) is 5.32 Å². The zero-order valence-corrected chi connectivity index (χ0v) is 20.0. The summed E-state index contributed by atoms with van der Waals surface area (Å²) in [5, 5.41) is 12.2. The van der Waals surface area contributed by atoms with Crippen LogP contribution >= 0.6 is 0 Å². The molecule has 0 unspecified atom stereocenters. The molecule has 0 aromatic heterocycles. The molecule has 1 spiro atoms. The quantitative estimate of drug-likeness (QED) is 0.652. The highest BCUT2D eigenvalue weighted by molar-refractivity contribution is 6.09. The highest BCUT2D eigenvalue weighted by atomic mass is 16.6. The van der Waals surface area contributed by atoms with Gasteiger partial charge in [-0.05, 0) is 51.2 Å². The lowest BCUT2D eigenvalue weighted by Gasteiger charge is -2.34. The van der Waals surface area contributed by atoms with Gasteiger partial charge >= 0.3 is 6.09 Å². The van der Waals surface area contributed by atoms with E-state index in [1.165, 1.54) is 0 Å². The molecule has 186 valence electrons. The molecule has 35 heavy (non-hydrogen) atoms. The number of primary amides is 1. The Hall–Kier alpha value is -3.61. The predicted molar refractivity (Wildman–Crippen MR) is 126 cm³/mol. The Kier molecular flexibility index (Phi) is 5.07. The second-order valence-corrected chi connectivity index (χ2v) is 10.5. The Morgan fingerprint density at radius 3 is 2.69 bits per heavy atom. The SMILES string of the molecule is [2H]C([2H])([2H])N(C(=O)OC(C)(C)C)[C@@H](CC1CC1)C(=O)N1C[C@]2(C[C@H]1C(N)=O)C(=O)Nc1c(C#N)cccc12. The number of hydrogen-bond donors (Lipinski definition) is 2. The Bertz CT molecular complexity index is 1230. The summed E-state index contributed by atoms with van der Waals surface area (Å²) in [6, 6.07) is 4.13. The van der Waals surface area contributed by atoms with Crippen LogP contribution < -0.4 is 11.1 Å². The van der Waals surface area contributed by atoms with Crippen molar-refractivity contribution in [2.24, 2.45) is 11.7 Å². The van der Waals surface area contributed by atoms with Crippen molar-refractivity contribution in [1.29, 1.82) is 5.26 Å². The number of nitrogens with two attached hydrogens (primary N) is 1. The minimum atomic E-state index is -3.02. The van der Waals surface area contributed by atoms with Gasteiger partial charge in [0, 0.05) is 17.6 Å². The van der Waals surface area contributed by atoms with Crippen molar-refractivity contribution in [3.05, 3.63) is 29.3 Å².